The molecule has 2 rings (SSSR count). The van der Waals surface area contributed by atoms with E-state index >= 15 is 0 Å². The van der Waals surface area contributed by atoms with Crippen LogP contribution in [0.15, 0.2) is 60.7 Å². The Bertz CT molecular complexity index is 961. The van der Waals surface area contributed by atoms with Crippen LogP contribution in [0.1, 0.15) is 11.1 Å². The lowest BCUT2D eigenvalue weighted by atomic mass is 10.1. The molecule has 6 N–H and O–H groups in total. The average Bonchev–Trinajstić information content (AvgIpc) is 2.93. The van der Waals surface area contributed by atoms with E-state index in [9.17, 15) is 19.2 Å². The molecule has 0 unspecified atom stereocenters. The molecule has 2 amide bonds. The molecule has 0 fully saturated rings. The number of amides is 2. The molecule has 0 bridgehead atoms. The molecule has 2 aromatic rings. The van der Waals surface area contributed by atoms with Gasteiger partial charge in [0.05, 0.1) is 26.3 Å². The Kier molecular flexibility index (Phi) is 13.7. The number of carbonyl (C=O) groups is 4. The molecule has 10 nitrogen and oxygen atoms in total. The fourth-order valence-corrected chi connectivity index (χ4v) is 5.63. The molecule has 0 aromatic heterocycles. The maximum atomic E-state index is 12.6. The lowest BCUT2D eigenvalue weighted by molar-refractivity contribution is -0.144. The maximum Gasteiger partial charge on any atom is 0.329 e. The summed E-state index contributed by atoms with van der Waals surface area (Å²) >= 11 is 0. The normalized spacial score (nSPS) is 13.9. The first kappa shape index (κ1) is 31.2. The third-order valence-electron chi connectivity index (χ3n) is 5.43. The molecular weight excluding hydrogens is 528 g/mol. The van der Waals surface area contributed by atoms with Gasteiger partial charge in [0, 0.05) is 11.5 Å². The molecule has 0 saturated carbocycles. The van der Waals surface area contributed by atoms with E-state index in [4.69, 9.17) is 20.9 Å². The molecule has 0 saturated heterocycles. The van der Waals surface area contributed by atoms with Gasteiger partial charge in [0.25, 0.3) is 0 Å². The van der Waals surface area contributed by atoms with Gasteiger partial charge < -0.3 is 31.6 Å². The van der Waals surface area contributed by atoms with Crippen molar-refractivity contribution in [3.8, 4) is 0 Å². The van der Waals surface area contributed by atoms with Crippen LogP contribution in [0, 0.1) is 0 Å². The van der Waals surface area contributed by atoms with Crippen molar-refractivity contribution in [2.75, 3.05) is 25.7 Å². The van der Waals surface area contributed by atoms with E-state index in [-0.39, 0.29) is 11.5 Å². The van der Waals surface area contributed by atoms with Crippen LogP contribution in [0.2, 0.25) is 0 Å². The number of carbonyl (C=O) groups excluding carboxylic acids is 4. The van der Waals surface area contributed by atoms with Crippen molar-refractivity contribution >= 4 is 45.3 Å². The highest BCUT2D eigenvalue weighted by Gasteiger charge is 2.27. The van der Waals surface area contributed by atoms with E-state index in [1.807, 2.05) is 60.7 Å². The highest BCUT2D eigenvalue weighted by atomic mass is 33.1. The Labute approximate surface area is 230 Å². The van der Waals surface area contributed by atoms with Crippen LogP contribution in [-0.4, -0.2) is 73.6 Å². The SMILES string of the molecule is COC(=O)[C@@H](CSSC[C@@H](NC(=O)[C@@H](N)Cc1ccccc1)C(=O)OC)NC(=O)[C@@H](N)Cc1ccccc1. The van der Waals surface area contributed by atoms with E-state index in [1.54, 1.807) is 0 Å². The summed E-state index contributed by atoms with van der Waals surface area (Å²) in [5.41, 5.74) is 13.8. The van der Waals surface area contributed by atoms with Crippen LogP contribution in [0.4, 0.5) is 0 Å². The largest absolute Gasteiger partial charge is 0.467 e. The summed E-state index contributed by atoms with van der Waals surface area (Å²) in [4.78, 5) is 49.6. The van der Waals surface area contributed by atoms with Gasteiger partial charge in [-0.2, -0.15) is 0 Å². The zero-order valence-corrected chi connectivity index (χ0v) is 23.0. The molecule has 0 aliphatic carbocycles. The van der Waals surface area contributed by atoms with Crippen molar-refractivity contribution in [1.82, 2.24) is 10.6 Å². The van der Waals surface area contributed by atoms with Crippen molar-refractivity contribution in [2.45, 2.75) is 37.0 Å². The Balaban J connectivity index is 1.87. The first-order chi connectivity index (χ1) is 18.2. The minimum absolute atomic E-state index is 0.149. The second-order valence-corrected chi connectivity index (χ2v) is 10.9. The Hall–Kier alpha value is -3.06. The number of methoxy groups -OCH3 is 2. The summed E-state index contributed by atoms with van der Waals surface area (Å²) in [6, 6.07) is 15.0. The number of hydrogen-bond donors (Lipinski definition) is 4. The number of benzene rings is 2. The summed E-state index contributed by atoms with van der Waals surface area (Å²) in [5, 5.41) is 5.26. The number of hydrogen-bond acceptors (Lipinski definition) is 10. The Morgan fingerprint density at radius 1 is 0.684 bits per heavy atom. The van der Waals surface area contributed by atoms with Gasteiger partial charge in [-0.3, -0.25) is 9.59 Å². The molecule has 0 aliphatic rings. The van der Waals surface area contributed by atoms with Gasteiger partial charge in [-0.05, 0) is 24.0 Å². The van der Waals surface area contributed by atoms with E-state index < -0.39 is 47.9 Å². The highest BCUT2D eigenvalue weighted by Crippen LogP contribution is 2.24. The number of ether oxygens (including phenoxy) is 2. The molecule has 0 radical (unpaired) electrons. The third kappa shape index (κ3) is 10.7. The molecule has 0 heterocycles. The van der Waals surface area contributed by atoms with Crippen LogP contribution in [-0.2, 0) is 41.5 Å². The second-order valence-electron chi connectivity index (χ2n) is 8.33. The minimum Gasteiger partial charge on any atom is -0.467 e. The van der Waals surface area contributed by atoms with Crippen LogP contribution < -0.4 is 22.1 Å². The highest BCUT2D eigenvalue weighted by molar-refractivity contribution is 8.76. The topological polar surface area (TPSA) is 163 Å². The van der Waals surface area contributed by atoms with E-state index in [0.717, 1.165) is 11.1 Å². The molecule has 38 heavy (non-hydrogen) atoms. The van der Waals surface area contributed by atoms with Crippen LogP contribution >= 0.6 is 21.6 Å². The van der Waals surface area contributed by atoms with Gasteiger partial charge in [0.2, 0.25) is 11.8 Å². The quantitative estimate of drug-likeness (QED) is 0.139. The van der Waals surface area contributed by atoms with Crippen molar-refractivity contribution in [1.29, 1.82) is 0 Å². The first-order valence-electron chi connectivity index (χ1n) is 11.8. The van der Waals surface area contributed by atoms with E-state index in [2.05, 4.69) is 10.6 Å². The molecule has 2 aromatic carbocycles. The van der Waals surface area contributed by atoms with Gasteiger partial charge in [-0.25, -0.2) is 9.59 Å². The van der Waals surface area contributed by atoms with Crippen molar-refractivity contribution in [3.05, 3.63) is 71.8 Å². The van der Waals surface area contributed by atoms with Gasteiger partial charge in [0.15, 0.2) is 0 Å². The number of nitrogens with one attached hydrogen (secondary N) is 2. The van der Waals surface area contributed by atoms with Crippen LogP contribution in [0.5, 0.6) is 0 Å². The van der Waals surface area contributed by atoms with Crippen molar-refractivity contribution < 1.29 is 28.7 Å². The Morgan fingerprint density at radius 3 is 1.34 bits per heavy atom. The molecule has 206 valence electrons. The van der Waals surface area contributed by atoms with Crippen molar-refractivity contribution in [2.24, 2.45) is 11.5 Å². The number of rotatable bonds is 15. The summed E-state index contributed by atoms with van der Waals surface area (Å²) < 4.78 is 9.62. The van der Waals surface area contributed by atoms with E-state index in [1.165, 1.54) is 35.8 Å². The zero-order chi connectivity index (χ0) is 27.9. The summed E-state index contributed by atoms with van der Waals surface area (Å²) in [7, 11) is 4.91. The van der Waals surface area contributed by atoms with E-state index in [0.29, 0.717) is 12.8 Å². The molecule has 0 spiro atoms. The number of nitrogens with two attached hydrogens (primary N) is 2. The summed E-state index contributed by atoms with van der Waals surface area (Å²) in [6.07, 6.45) is 0.630. The molecule has 12 heteroatoms. The third-order valence-corrected chi connectivity index (χ3v) is 7.85. The Morgan fingerprint density at radius 2 is 1.03 bits per heavy atom. The predicted molar refractivity (Wildman–Crippen MR) is 149 cm³/mol. The standard InChI is InChI=1S/C26H34N4O6S2/c1-35-25(33)21(29-23(31)19(27)13-17-9-5-3-6-10-17)15-37-38-16-22(26(34)36-2)30-24(32)20(28)14-18-11-7-4-8-12-18/h3-12,19-22H,13-16,27-28H2,1-2H3,(H,29,31)(H,30,32)/t19-,20-,21+,22+/m0/s1. The smallest absolute Gasteiger partial charge is 0.329 e. The predicted octanol–water partition coefficient (Wildman–Crippen LogP) is 0.823. The first-order valence-corrected chi connectivity index (χ1v) is 14.3. The van der Waals surface area contributed by atoms with Gasteiger partial charge in [-0.15, -0.1) is 0 Å². The summed E-state index contributed by atoms with van der Waals surface area (Å²) in [6.45, 7) is 0. The second kappa shape index (κ2) is 16.7. The van der Waals surface area contributed by atoms with Crippen LogP contribution in [0.25, 0.3) is 0 Å². The maximum absolute atomic E-state index is 12.6. The van der Waals surface area contributed by atoms with Crippen molar-refractivity contribution in [3.63, 3.8) is 0 Å². The zero-order valence-electron chi connectivity index (χ0n) is 21.3. The van der Waals surface area contributed by atoms with Gasteiger partial charge in [-0.1, -0.05) is 82.3 Å². The molecule has 0 aliphatic heterocycles. The fourth-order valence-electron chi connectivity index (χ4n) is 3.33. The number of esters is 2. The lowest BCUT2D eigenvalue weighted by Crippen LogP contribution is -2.51. The summed E-state index contributed by atoms with van der Waals surface area (Å²) in [5.74, 6) is -1.91. The minimum atomic E-state index is -0.947. The van der Waals surface area contributed by atoms with Gasteiger partial charge in [0.1, 0.15) is 12.1 Å². The molecular formula is C26H34N4O6S2. The van der Waals surface area contributed by atoms with Crippen LogP contribution in [0.3, 0.4) is 0 Å². The molecule has 4 atom stereocenters. The van der Waals surface area contributed by atoms with Gasteiger partial charge >= 0.3 is 11.9 Å². The average molecular weight is 563 g/mol. The fraction of sp³-hybridized carbons (Fsp3) is 0.385. The monoisotopic (exact) mass is 562 g/mol. The lowest BCUT2D eigenvalue weighted by Gasteiger charge is -2.20.